The first-order valence-corrected chi connectivity index (χ1v) is 4.20. The van der Waals surface area contributed by atoms with Gasteiger partial charge in [-0.2, -0.15) is 0 Å². The summed E-state index contributed by atoms with van der Waals surface area (Å²) in [6.45, 7) is 1.88. The Morgan fingerprint density at radius 1 is 1.67 bits per heavy atom. The molecule has 0 saturated heterocycles. The molecule has 3 atom stereocenters. The maximum Gasteiger partial charge on any atom is 0.506 e. The highest BCUT2D eigenvalue weighted by Crippen LogP contribution is 2.48. The van der Waals surface area contributed by atoms with Crippen LogP contribution in [0.5, 0.6) is 0 Å². The van der Waals surface area contributed by atoms with Crippen molar-refractivity contribution in [1.82, 2.24) is 0 Å². The van der Waals surface area contributed by atoms with Crippen molar-refractivity contribution in [3.8, 4) is 0 Å². The van der Waals surface area contributed by atoms with Gasteiger partial charge in [0.2, 0.25) is 0 Å². The molecule has 3 nitrogen and oxygen atoms in total. The van der Waals surface area contributed by atoms with Crippen LogP contribution in [0.2, 0.25) is 0 Å². The van der Waals surface area contributed by atoms with E-state index in [0.29, 0.717) is 11.8 Å². The highest BCUT2D eigenvalue weighted by Gasteiger charge is 2.47. The van der Waals surface area contributed by atoms with Crippen LogP contribution in [0.15, 0.2) is 12.2 Å². The number of ether oxygens (including phenoxy) is 1. The van der Waals surface area contributed by atoms with Gasteiger partial charge >= 0.3 is 6.16 Å². The van der Waals surface area contributed by atoms with Gasteiger partial charge in [0.15, 0.2) is 0 Å². The number of hydrogen-bond donors (Lipinski definition) is 1. The van der Waals surface area contributed by atoms with Crippen molar-refractivity contribution < 1.29 is 14.6 Å². The first-order valence-electron chi connectivity index (χ1n) is 4.20. The van der Waals surface area contributed by atoms with E-state index in [1.807, 2.05) is 6.92 Å². The molecule has 12 heavy (non-hydrogen) atoms. The number of carbonyl (C=O) groups is 1. The van der Waals surface area contributed by atoms with Crippen molar-refractivity contribution >= 4 is 6.16 Å². The van der Waals surface area contributed by atoms with E-state index in [4.69, 9.17) is 9.84 Å². The molecule has 0 aromatic carbocycles. The molecule has 3 heteroatoms. The Labute approximate surface area is 71.0 Å². The number of rotatable bonds is 1. The van der Waals surface area contributed by atoms with Gasteiger partial charge in [-0.05, 0) is 25.7 Å². The summed E-state index contributed by atoms with van der Waals surface area (Å²) in [6.07, 6.45) is 5.00. The summed E-state index contributed by atoms with van der Waals surface area (Å²) in [5.41, 5.74) is -0.453. The Hall–Kier alpha value is -0.990. The molecule has 0 heterocycles. The molecule has 2 bridgehead atoms. The van der Waals surface area contributed by atoms with Gasteiger partial charge in [-0.1, -0.05) is 12.2 Å². The third-order valence-electron chi connectivity index (χ3n) is 2.94. The van der Waals surface area contributed by atoms with Gasteiger partial charge in [0, 0.05) is 5.92 Å². The smallest absolute Gasteiger partial charge is 0.450 e. The minimum atomic E-state index is -1.15. The van der Waals surface area contributed by atoms with Crippen LogP contribution in [-0.2, 0) is 4.74 Å². The molecule has 1 fully saturated rings. The first-order chi connectivity index (χ1) is 5.60. The van der Waals surface area contributed by atoms with E-state index in [1.54, 1.807) is 0 Å². The molecular formula is C9H12O3. The van der Waals surface area contributed by atoms with Gasteiger partial charge < -0.3 is 9.84 Å². The van der Waals surface area contributed by atoms with Crippen molar-refractivity contribution in [2.75, 3.05) is 0 Å². The van der Waals surface area contributed by atoms with Crippen molar-refractivity contribution in [2.24, 2.45) is 11.8 Å². The lowest BCUT2D eigenvalue weighted by Crippen LogP contribution is -2.35. The number of fused-ring (bicyclic) bond motifs is 2. The number of carboxylic acid groups (broad SMARTS) is 1. The molecule has 2 aliphatic carbocycles. The fraction of sp³-hybridized carbons (Fsp3) is 0.667. The van der Waals surface area contributed by atoms with E-state index in [1.165, 1.54) is 0 Å². The predicted octanol–water partition coefficient (Wildman–Crippen LogP) is 2.04. The standard InChI is InChI=1S/C9H12O3/c1-9(12-8(10)11)5-6-2-3-7(9)4-6/h2-3,6-7H,4-5H2,1H3,(H,10,11). The van der Waals surface area contributed by atoms with E-state index in [-0.39, 0.29) is 0 Å². The molecule has 3 unspecified atom stereocenters. The van der Waals surface area contributed by atoms with Gasteiger partial charge in [0.05, 0.1) is 0 Å². The van der Waals surface area contributed by atoms with Crippen LogP contribution in [0, 0.1) is 11.8 Å². The minimum absolute atomic E-state index is 0.304. The lowest BCUT2D eigenvalue weighted by Gasteiger charge is -2.29. The monoisotopic (exact) mass is 168 g/mol. The molecule has 66 valence electrons. The van der Waals surface area contributed by atoms with Gasteiger partial charge in [-0.25, -0.2) is 4.79 Å². The summed E-state index contributed by atoms with van der Waals surface area (Å²) in [4.78, 5) is 10.4. The van der Waals surface area contributed by atoms with Crippen LogP contribution in [0.1, 0.15) is 19.8 Å². The average Bonchev–Trinajstić information content (AvgIpc) is 2.42. The zero-order valence-corrected chi connectivity index (χ0v) is 6.99. The average molecular weight is 168 g/mol. The molecule has 2 aliphatic rings. The normalized spacial score (nSPS) is 43.4. The van der Waals surface area contributed by atoms with Gasteiger partial charge in [0.25, 0.3) is 0 Å². The molecular weight excluding hydrogens is 156 g/mol. The summed E-state index contributed by atoms with van der Waals surface area (Å²) in [7, 11) is 0. The Bertz CT molecular complexity index is 246. The van der Waals surface area contributed by atoms with Crippen LogP contribution >= 0.6 is 0 Å². The third-order valence-corrected chi connectivity index (χ3v) is 2.94. The van der Waals surface area contributed by atoms with Crippen molar-refractivity contribution in [3.63, 3.8) is 0 Å². The molecule has 0 aliphatic heterocycles. The topological polar surface area (TPSA) is 46.5 Å². The lowest BCUT2D eigenvalue weighted by molar-refractivity contribution is -0.0229. The minimum Gasteiger partial charge on any atom is -0.450 e. The van der Waals surface area contributed by atoms with E-state index in [2.05, 4.69) is 12.2 Å². The zero-order chi connectivity index (χ0) is 8.77. The molecule has 0 aromatic heterocycles. The summed E-state index contributed by atoms with van der Waals surface area (Å²) < 4.78 is 4.90. The van der Waals surface area contributed by atoms with Gasteiger partial charge in [-0.3, -0.25) is 0 Å². The second-order valence-corrected chi connectivity index (χ2v) is 3.87. The summed E-state index contributed by atoms with van der Waals surface area (Å²) in [6, 6.07) is 0. The van der Waals surface area contributed by atoms with Gasteiger partial charge in [0.1, 0.15) is 5.60 Å². The number of allylic oxidation sites excluding steroid dienone is 1. The molecule has 0 spiro atoms. The van der Waals surface area contributed by atoms with E-state index >= 15 is 0 Å². The lowest BCUT2D eigenvalue weighted by atomic mass is 9.90. The maximum absolute atomic E-state index is 10.4. The van der Waals surface area contributed by atoms with Gasteiger partial charge in [-0.15, -0.1) is 0 Å². The molecule has 0 aromatic rings. The number of hydrogen-bond acceptors (Lipinski definition) is 2. The fourth-order valence-electron chi connectivity index (χ4n) is 2.37. The van der Waals surface area contributed by atoms with Crippen LogP contribution < -0.4 is 0 Å². The fourth-order valence-corrected chi connectivity index (χ4v) is 2.37. The van der Waals surface area contributed by atoms with Crippen LogP contribution in [0.4, 0.5) is 4.79 Å². The second-order valence-electron chi connectivity index (χ2n) is 3.87. The van der Waals surface area contributed by atoms with Crippen molar-refractivity contribution in [2.45, 2.75) is 25.4 Å². The largest absolute Gasteiger partial charge is 0.506 e. The van der Waals surface area contributed by atoms with Crippen molar-refractivity contribution in [3.05, 3.63) is 12.2 Å². The SMILES string of the molecule is CC1(OC(=O)O)CC2C=CC1C2. The summed E-state index contributed by atoms with van der Waals surface area (Å²) in [5.74, 6) is 0.845. The van der Waals surface area contributed by atoms with E-state index < -0.39 is 11.8 Å². The molecule has 1 N–H and O–H groups in total. The maximum atomic E-state index is 10.4. The molecule has 0 radical (unpaired) electrons. The third kappa shape index (κ3) is 1.00. The van der Waals surface area contributed by atoms with E-state index in [0.717, 1.165) is 12.8 Å². The van der Waals surface area contributed by atoms with Crippen LogP contribution in [0.3, 0.4) is 0 Å². The second kappa shape index (κ2) is 2.25. The Morgan fingerprint density at radius 3 is 2.83 bits per heavy atom. The summed E-state index contributed by atoms with van der Waals surface area (Å²) >= 11 is 0. The zero-order valence-electron chi connectivity index (χ0n) is 6.99. The summed E-state index contributed by atoms with van der Waals surface area (Å²) in [5, 5.41) is 8.52. The molecule has 2 rings (SSSR count). The Morgan fingerprint density at radius 2 is 2.42 bits per heavy atom. The highest BCUT2D eigenvalue weighted by atomic mass is 16.7. The highest BCUT2D eigenvalue weighted by molar-refractivity contribution is 5.58. The quantitative estimate of drug-likeness (QED) is 0.481. The molecule has 1 saturated carbocycles. The van der Waals surface area contributed by atoms with Crippen LogP contribution in [0.25, 0.3) is 0 Å². The molecule has 0 amide bonds. The first kappa shape index (κ1) is 7.65. The van der Waals surface area contributed by atoms with Crippen molar-refractivity contribution in [1.29, 1.82) is 0 Å². The Kier molecular flexibility index (Phi) is 1.43. The van der Waals surface area contributed by atoms with E-state index in [9.17, 15) is 4.79 Å². The van der Waals surface area contributed by atoms with Crippen LogP contribution in [-0.4, -0.2) is 16.9 Å². The predicted molar refractivity (Wildman–Crippen MR) is 42.9 cm³/mol. The Balaban J connectivity index is 2.13.